The molecule has 0 radical (unpaired) electrons. The van der Waals surface area contributed by atoms with Gasteiger partial charge in [-0.05, 0) is 51.8 Å². The molecule has 0 aliphatic carbocycles. The summed E-state index contributed by atoms with van der Waals surface area (Å²) in [6.45, 7) is 6.06. The predicted molar refractivity (Wildman–Crippen MR) is 130 cm³/mol. The van der Waals surface area contributed by atoms with Gasteiger partial charge in [-0.25, -0.2) is 13.8 Å². The Bertz CT molecular complexity index is 1240. The van der Waals surface area contributed by atoms with Crippen molar-refractivity contribution in [3.05, 3.63) is 70.0 Å². The zero-order chi connectivity index (χ0) is 25.3. The number of carboxylic acid groups (broad SMARTS) is 1. The third-order valence-corrected chi connectivity index (χ3v) is 7.16. The Hall–Kier alpha value is -3.04. The van der Waals surface area contributed by atoms with Gasteiger partial charge in [0.05, 0.1) is 16.1 Å². The minimum atomic E-state index is -1.20. The second-order valence-corrected chi connectivity index (χ2v) is 9.72. The summed E-state index contributed by atoms with van der Waals surface area (Å²) >= 11 is 5.97. The first-order valence-corrected chi connectivity index (χ1v) is 11.8. The molecule has 2 aromatic heterocycles. The summed E-state index contributed by atoms with van der Waals surface area (Å²) in [6, 6.07) is 8.96. The summed E-state index contributed by atoms with van der Waals surface area (Å²) in [5.41, 5.74) is 0.205. The molecule has 1 saturated heterocycles. The molecule has 3 heterocycles. The number of aryl methyl sites for hydroxylation is 1. The number of hydrogen-bond donors (Lipinski definition) is 3. The molecule has 7 nitrogen and oxygen atoms in total. The van der Waals surface area contributed by atoms with E-state index in [0.29, 0.717) is 23.7 Å². The molecule has 0 bridgehead atoms. The van der Waals surface area contributed by atoms with Gasteiger partial charge >= 0.3 is 5.97 Å². The van der Waals surface area contributed by atoms with Crippen molar-refractivity contribution in [1.29, 1.82) is 0 Å². The second-order valence-electron chi connectivity index (χ2n) is 9.31. The summed E-state index contributed by atoms with van der Waals surface area (Å²) in [4.78, 5) is 18.9. The highest BCUT2D eigenvalue weighted by atomic mass is 35.5. The third-order valence-electron chi connectivity index (χ3n) is 6.87. The number of nitrogens with one attached hydrogen (secondary N) is 2. The molecular formula is C25H28ClF2N5O2. The summed E-state index contributed by atoms with van der Waals surface area (Å²) in [6.07, 6.45) is 0.490. The van der Waals surface area contributed by atoms with Crippen molar-refractivity contribution >= 4 is 29.2 Å². The molecular weight excluding hydrogens is 476 g/mol. The van der Waals surface area contributed by atoms with Gasteiger partial charge in [0.1, 0.15) is 17.5 Å². The van der Waals surface area contributed by atoms with E-state index < -0.39 is 23.0 Å². The number of nitrogens with zero attached hydrogens (tertiary/aromatic N) is 3. The zero-order valence-corrected chi connectivity index (χ0v) is 20.5. The Morgan fingerprint density at radius 2 is 2.11 bits per heavy atom. The maximum Gasteiger partial charge on any atom is 0.310 e. The van der Waals surface area contributed by atoms with Crippen LogP contribution in [0.3, 0.4) is 0 Å². The van der Waals surface area contributed by atoms with Gasteiger partial charge in [-0.1, -0.05) is 23.7 Å². The van der Waals surface area contributed by atoms with E-state index in [1.54, 1.807) is 18.2 Å². The molecule has 10 heteroatoms. The van der Waals surface area contributed by atoms with E-state index in [1.165, 1.54) is 18.2 Å². The molecule has 35 heavy (non-hydrogen) atoms. The van der Waals surface area contributed by atoms with Crippen molar-refractivity contribution in [3.8, 4) is 0 Å². The van der Waals surface area contributed by atoms with Crippen LogP contribution in [0.25, 0.3) is 0 Å². The lowest BCUT2D eigenvalue weighted by molar-refractivity contribution is -0.154. The number of likely N-dealkylation sites (tertiary alicyclic amines) is 1. The quantitative estimate of drug-likeness (QED) is 0.386. The van der Waals surface area contributed by atoms with Crippen LogP contribution >= 0.6 is 11.6 Å². The number of aromatic amines is 1. The van der Waals surface area contributed by atoms with Crippen molar-refractivity contribution in [2.75, 3.05) is 11.9 Å². The molecule has 0 unspecified atom stereocenters. The monoisotopic (exact) mass is 503 g/mol. The van der Waals surface area contributed by atoms with Gasteiger partial charge in [-0.3, -0.25) is 14.8 Å². The molecule has 3 aromatic rings. The summed E-state index contributed by atoms with van der Waals surface area (Å²) in [5, 5.41) is 20.2. The lowest BCUT2D eigenvalue weighted by Gasteiger charge is -2.46. The SMILES string of the molecule is Cc1cc(Nc2ccc(F)c(C[C@@]3(C(=O)O)CCN([C@H](C)c4cccc(Cl)c4F)[C@H](C)C3)n2)n[nH]1. The minimum absolute atomic E-state index is 0.0542. The number of halogens is 3. The lowest BCUT2D eigenvalue weighted by Crippen LogP contribution is -2.51. The standard InChI is InChI=1S/C25H28ClF2N5O2/c1-14-11-22(32-31-14)30-21-8-7-19(27)20(29-21)13-25(24(34)35)9-10-33(15(2)12-25)16(3)17-5-4-6-18(26)23(17)28/h4-8,11,15-16H,9-10,12-13H2,1-3H3,(H,34,35)(H2,29,30,31,32)/t15-,16-,25-/m1/s1. The molecule has 1 aliphatic heterocycles. The number of H-pyrrole nitrogens is 1. The molecule has 1 aliphatic rings. The van der Waals surface area contributed by atoms with Crippen molar-refractivity contribution in [2.24, 2.45) is 5.41 Å². The molecule has 3 atom stereocenters. The van der Waals surface area contributed by atoms with E-state index >= 15 is 0 Å². The van der Waals surface area contributed by atoms with Crippen molar-refractivity contribution < 1.29 is 18.7 Å². The molecule has 1 fully saturated rings. The number of benzene rings is 1. The largest absolute Gasteiger partial charge is 0.481 e. The van der Waals surface area contributed by atoms with Crippen molar-refractivity contribution in [3.63, 3.8) is 0 Å². The van der Waals surface area contributed by atoms with E-state index in [0.717, 1.165) is 5.69 Å². The number of carboxylic acids is 1. The van der Waals surface area contributed by atoms with Crippen LogP contribution in [0.2, 0.25) is 5.02 Å². The van der Waals surface area contributed by atoms with Crippen LogP contribution in [0.4, 0.5) is 20.4 Å². The van der Waals surface area contributed by atoms with Crippen LogP contribution in [0.15, 0.2) is 36.4 Å². The van der Waals surface area contributed by atoms with Crippen LogP contribution in [0.5, 0.6) is 0 Å². The van der Waals surface area contributed by atoms with Crippen LogP contribution in [-0.4, -0.2) is 43.7 Å². The normalized spacial score (nSPS) is 21.6. The maximum atomic E-state index is 14.7. The molecule has 1 aromatic carbocycles. The average molecular weight is 504 g/mol. The fraction of sp³-hybridized carbons (Fsp3) is 0.400. The van der Waals surface area contributed by atoms with E-state index in [2.05, 4.69) is 25.4 Å². The maximum absolute atomic E-state index is 14.7. The Labute approximate surface area is 207 Å². The van der Waals surface area contributed by atoms with Gasteiger partial charge in [-0.2, -0.15) is 5.10 Å². The second kappa shape index (κ2) is 9.91. The van der Waals surface area contributed by atoms with Gasteiger partial charge in [-0.15, -0.1) is 0 Å². The van der Waals surface area contributed by atoms with Crippen molar-refractivity contribution in [1.82, 2.24) is 20.1 Å². The highest BCUT2D eigenvalue weighted by molar-refractivity contribution is 6.30. The first-order valence-electron chi connectivity index (χ1n) is 11.5. The summed E-state index contributed by atoms with van der Waals surface area (Å²) < 4.78 is 29.4. The van der Waals surface area contributed by atoms with Gasteiger partial charge in [0.15, 0.2) is 5.82 Å². The molecule has 186 valence electrons. The van der Waals surface area contributed by atoms with Crippen molar-refractivity contribution in [2.45, 2.75) is 52.1 Å². The van der Waals surface area contributed by atoms with Gasteiger partial charge in [0.2, 0.25) is 0 Å². The number of rotatable bonds is 7. The molecule has 3 N–H and O–H groups in total. The number of piperidine rings is 1. The van der Waals surface area contributed by atoms with Gasteiger partial charge in [0, 0.05) is 42.4 Å². The number of anilines is 2. The first kappa shape index (κ1) is 25.1. The molecule has 0 amide bonds. The summed E-state index contributed by atoms with van der Waals surface area (Å²) in [5.74, 6) is -1.10. The van der Waals surface area contributed by atoms with E-state index in [4.69, 9.17) is 11.6 Å². The average Bonchev–Trinajstić information content (AvgIpc) is 3.22. The Balaban J connectivity index is 1.55. The minimum Gasteiger partial charge on any atom is -0.481 e. The predicted octanol–water partition coefficient (Wildman–Crippen LogP) is 5.65. The van der Waals surface area contributed by atoms with Crippen LogP contribution < -0.4 is 5.32 Å². The number of carbonyl (C=O) groups is 1. The molecule has 0 spiro atoms. The number of hydrogen-bond acceptors (Lipinski definition) is 5. The third kappa shape index (κ3) is 5.16. The Morgan fingerprint density at radius 3 is 2.77 bits per heavy atom. The highest BCUT2D eigenvalue weighted by Crippen LogP contribution is 2.42. The van der Waals surface area contributed by atoms with Gasteiger partial charge in [0.25, 0.3) is 0 Å². The Morgan fingerprint density at radius 1 is 1.34 bits per heavy atom. The fourth-order valence-electron chi connectivity index (χ4n) is 4.99. The first-order chi connectivity index (χ1) is 16.6. The highest BCUT2D eigenvalue weighted by Gasteiger charge is 2.46. The topological polar surface area (TPSA) is 94.1 Å². The lowest BCUT2D eigenvalue weighted by atomic mass is 9.71. The number of pyridine rings is 1. The molecule has 0 saturated carbocycles. The molecule has 4 rings (SSSR count). The number of aliphatic carboxylic acids is 1. The van der Waals surface area contributed by atoms with Crippen LogP contribution in [-0.2, 0) is 11.2 Å². The zero-order valence-electron chi connectivity index (χ0n) is 19.8. The van der Waals surface area contributed by atoms with E-state index in [1.807, 2.05) is 20.8 Å². The smallest absolute Gasteiger partial charge is 0.310 e. The Kier molecular flexibility index (Phi) is 7.10. The van der Waals surface area contributed by atoms with E-state index in [-0.39, 0.29) is 42.1 Å². The van der Waals surface area contributed by atoms with E-state index in [9.17, 15) is 18.7 Å². The van der Waals surface area contributed by atoms with Gasteiger partial charge < -0.3 is 10.4 Å². The number of aromatic nitrogens is 3. The van der Waals surface area contributed by atoms with Crippen LogP contribution in [0, 0.1) is 24.0 Å². The summed E-state index contributed by atoms with van der Waals surface area (Å²) in [7, 11) is 0. The fourth-order valence-corrected chi connectivity index (χ4v) is 5.17. The van der Waals surface area contributed by atoms with Crippen LogP contribution in [0.1, 0.15) is 49.7 Å².